The van der Waals surface area contributed by atoms with E-state index in [1.165, 1.54) is 11.3 Å². The first-order chi connectivity index (χ1) is 7.68. The number of carboxylic acids is 1. The SMILES string of the molecule is O=C([O-])[C@H]1CCCN(C(=O)c2cccs2)C1. The molecule has 0 saturated carbocycles. The summed E-state index contributed by atoms with van der Waals surface area (Å²) in [5.41, 5.74) is 0. The second-order valence-corrected chi connectivity index (χ2v) is 4.83. The van der Waals surface area contributed by atoms with Crippen LogP contribution in [0.15, 0.2) is 17.5 Å². The fraction of sp³-hybridized carbons (Fsp3) is 0.455. The van der Waals surface area contributed by atoms with Crippen LogP contribution in [-0.4, -0.2) is 29.9 Å². The normalized spacial score (nSPS) is 20.8. The van der Waals surface area contributed by atoms with E-state index in [9.17, 15) is 14.7 Å². The van der Waals surface area contributed by atoms with Gasteiger partial charge in [0.05, 0.1) is 4.88 Å². The molecule has 1 saturated heterocycles. The maximum absolute atomic E-state index is 12.0. The Kier molecular flexibility index (Phi) is 3.24. The van der Waals surface area contributed by atoms with Gasteiger partial charge in [-0.1, -0.05) is 6.07 Å². The maximum Gasteiger partial charge on any atom is 0.263 e. The fourth-order valence-corrected chi connectivity index (χ4v) is 2.60. The molecular formula is C11H12NO3S-. The van der Waals surface area contributed by atoms with E-state index >= 15 is 0 Å². The standard InChI is InChI=1S/C11H13NO3S/c13-10(9-4-2-6-16-9)12-5-1-3-8(7-12)11(14)15/h2,4,6,8H,1,3,5,7H2,(H,14,15)/p-1/t8-/m0/s1. The lowest BCUT2D eigenvalue weighted by molar-refractivity contribution is -0.312. The molecule has 86 valence electrons. The van der Waals surface area contributed by atoms with Crippen LogP contribution in [0.4, 0.5) is 0 Å². The number of piperidine rings is 1. The molecule has 1 aromatic heterocycles. The monoisotopic (exact) mass is 238 g/mol. The molecule has 16 heavy (non-hydrogen) atoms. The number of thiophene rings is 1. The van der Waals surface area contributed by atoms with Crippen LogP contribution in [0, 0.1) is 5.92 Å². The Morgan fingerprint density at radius 3 is 2.94 bits per heavy atom. The van der Waals surface area contributed by atoms with Gasteiger partial charge in [-0.25, -0.2) is 0 Å². The smallest absolute Gasteiger partial charge is 0.263 e. The minimum Gasteiger partial charge on any atom is -0.550 e. The third kappa shape index (κ3) is 2.24. The lowest BCUT2D eigenvalue weighted by atomic mass is 9.98. The number of carboxylic acid groups (broad SMARTS) is 1. The molecule has 1 aromatic rings. The minimum atomic E-state index is -1.05. The van der Waals surface area contributed by atoms with Crippen LogP contribution in [-0.2, 0) is 4.79 Å². The third-order valence-electron chi connectivity index (χ3n) is 2.77. The number of nitrogens with zero attached hydrogens (tertiary/aromatic N) is 1. The largest absolute Gasteiger partial charge is 0.550 e. The predicted molar refractivity (Wildman–Crippen MR) is 58.0 cm³/mol. The molecule has 0 aromatic carbocycles. The first kappa shape index (κ1) is 11.1. The summed E-state index contributed by atoms with van der Waals surface area (Å²) >= 11 is 1.38. The lowest BCUT2D eigenvalue weighted by Gasteiger charge is -2.32. The fourth-order valence-electron chi connectivity index (χ4n) is 1.91. The Labute approximate surface area is 97.5 Å². The summed E-state index contributed by atoms with van der Waals surface area (Å²) in [7, 11) is 0. The van der Waals surface area contributed by atoms with Crippen LogP contribution in [0.5, 0.6) is 0 Å². The van der Waals surface area contributed by atoms with Crippen molar-refractivity contribution in [2.45, 2.75) is 12.8 Å². The Balaban J connectivity index is 2.05. The molecule has 0 bridgehead atoms. The lowest BCUT2D eigenvalue weighted by Crippen LogP contribution is -2.46. The molecule has 1 aliphatic rings. The van der Waals surface area contributed by atoms with Crippen molar-refractivity contribution in [2.24, 2.45) is 5.92 Å². The zero-order valence-electron chi connectivity index (χ0n) is 8.72. The van der Waals surface area contributed by atoms with Gasteiger partial charge in [-0.3, -0.25) is 4.79 Å². The molecule has 0 aliphatic carbocycles. The second-order valence-electron chi connectivity index (χ2n) is 3.89. The van der Waals surface area contributed by atoms with Crippen molar-refractivity contribution in [3.63, 3.8) is 0 Å². The van der Waals surface area contributed by atoms with Crippen LogP contribution in [0.3, 0.4) is 0 Å². The average molecular weight is 238 g/mol. The van der Waals surface area contributed by atoms with Crippen molar-refractivity contribution >= 4 is 23.2 Å². The van der Waals surface area contributed by atoms with E-state index in [1.807, 2.05) is 11.4 Å². The minimum absolute atomic E-state index is 0.0686. The summed E-state index contributed by atoms with van der Waals surface area (Å²) < 4.78 is 0. The Bertz CT molecular complexity index is 388. The molecule has 2 rings (SSSR count). The van der Waals surface area contributed by atoms with E-state index < -0.39 is 11.9 Å². The number of amides is 1. The molecule has 2 heterocycles. The average Bonchev–Trinajstić information content (AvgIpc) is 2.81. The summed E-state index contributed by atoms with van der Waals surface area (Å²) in [6, 6.07) is 3.58. The van der Waals surface area contributed by atoms with E-state index in [0.717, 1.165) is 6.42 Å². The number of rotatable bonds is 2. The molecular weight excluding hydrogens is 226 g/mol. The highest BCUT2D eigenvalue weighted by Crippen LogP contribution is 2.19. The molecule has 0 N–H and O–H groups in total. The summed E-state index contributed by atoms with van der Waals surface area (Å²) in [5, 5.41) is 12.6. The van der Waals surface area contributed by atoms with Crippen LogP contribution in [0.25, 0.3) is 0 Å². The number of likely N-dealkylation sites (tertiary alicyclic amines) is 1. The zero-order chi connectivity index (χ0) is 11.5. The van der Waals surface area contributed by atoms with Gasteiger partial charge in [-0.15, -0.1) is 11.3 Å². The van der Waals surface area contributed by atoms with Gasteiger partial charge in [-0.05, 0) is 24.3 Å². The van der Waals surface area contributed by atoms with Crippen molar-refractivity contribution in [3.8, 4) is 0 Å². The van der Waals surface area contributed by atoms with Crippen molar-refractivity contribution < 1.29 is 14.7 Å². The second kappa shape index (κ2) is 4.65. The van der Waals surface area contributed by atoms with Gasteiger partial charge in [0.15, 0.2) is 0 Å². The molecule has 1 aliphatic heterocycles. The van der Waals surface area contributed by atoms with Crippen LogP contribution >= 0.6 is 11.3 Å². The van der Waals surface area contributed by atoms with Gasteiger partial charge in [0.25, 0.3) is 5.91 Å². The van der Waals surface area contributed by atoms with E-state index in [0.29, 0.717) is 17.8 Å². The van der Waals surface area contributed by atoms with Crippen molar-refractivity contribution in [3.05, 3.63) is 22.4 Å². The van der Waals surface area contributed by atoms with Crippen molar-refractivity contribution in [2.75, 3.05) is 13.1 Å². The summed E-state index contributed by atoms with van der Waals surface area (Å²) in [5.74, 6) is -1.64. The van der Waals surface area contributed by atoms with Crippen molar-refractivity contribution in [1.29, 1.82) is 0 Å². The molecule has 0 radical (unpaired) electrons. The highest BCUT2D eigenvalue weighted by molar-refractivity contribution is 7.12. The molecule has 0 unspecified atom stereocenters. The van der Waals surface area contributed by atoms with E-state index in [4.69, 9.17) is 0 Å². The van der Waals surface area contributed by atoms with Gasteiger partial charge in [0.2, 0.25) is 0 Å². The van der Waals surface area contributed by atoms with Gasteiger partial charge in [0.1, 0.15) is 0 Å². The zero-order valence-corrected chi connectivity index (χ0v) is 9.53. The highest BCUT2D eigenvalue weighted by Gasteiger charge is 2.25. The van der Waals surface area contributed by atoms with Gasteiger partial charge < -0.3 is 14.8 Å². The Hall–Kier alpha value is -1.36. The highest BCUT2D eigenvalue weighted by atomic mass is 32.1. The van der Waals surface area contributed by atoms with E-state index in [-0.39, 0.29) is 12.5 Å². The number of hydrogen-bond acceptors (Lipinski definition) is 4. The molecule has 1 fully saturated rings. The predicted octanol–water partition coefficient (Wildman–Crippen LogP) is 0.350. The number of aliphatic carboxylic acids is 1. The number of carbonyl (C=O) groups excluding carboxylic acids is 2. The molecule has 1 amide bonds. The van der Waals surface area contributed by atoms with Crippen LogP contribution in [0.2, 0.25) is 0 Å². The van der Waals surface area contributed by atoms with E-state index in [2.05, 4.69) is 0 Å². The van der Waals surface area contributed by atoms with Crippen LogP contribution < -0.4 is 5.11 Å². The van der Waals surface area contributed by atoms with Gasteiger partial charge in [0, 0.05) is 25.0 Å². The Morgan fingerprint density at radius 2 is 2.31 bits per heavy atom. The van der Waals surface area contributed by atoms with E-state index in [1.54, 1.807) is 11.0 Å². The topological polar surface area (TPSA) is 60.4 Å². The Morgan fingerprint density at radius 1 is 1.50 bits per heavy atom. The molecule has 1 atom stereocenters. The van der Waals surface area contributed by atoms with Gasteiger partial charge in [-0.2, -0.15) is 0 Å². The molecule has 4 nitrogen and oxygen atoms in total. The molecule has 0 spiro atoms. The van der Waals surface area contributed by atoms with Crippen molar-refractivity contribution in [1.82, 2.24) is 4.90 Å². The quantitative estimate of drug-likeness (QED) is 0.747. The first-order valence-corrected chi connectivity index (χ1v) is 6.10. The van der Waals surface area contributed by atoms with Crippen LogP contribution in [0.1, 0.15) is 22.5 Å². The molecule has 5 heteroatoms. The summed E-state index contributed by atoms with van der Waals surface area (Å²) in [4.78, 5) is 25.0. The first-order valence-electron chi connectivity index (χ1n) is 5.22. The third-order valence-corrected chi connectivity index (χ3v) is 3.63. The number of hydrogen-bond donors (Lipinski definition) is 0. The number of carbonyl (C=O) groups is 2. The van der Waals surface area contributed by atoms with Gasteiger partial charge >= 0.3 is 0 Å². The summed E-state index contributed by atoms with van der Waals surface area (Å²) in [6.07, 6.45) is 1.34. The maximum atomic E-state index is 12.0. The summed E-state index contributed by atoms with van der Waals surface area (Å²) in [6.45, 7) is 0.916.